The first-order chi connectivity index (χ1) is 12.1. The van der Waals surface area contributed by atoms with Gasteiger partial charge in [-0.15, -0.1) is 0 Å². The Morgan fingerprint density at radius 1 is 1.00 bits per heavy atom. The Hall–Kier alpha value is -1.84. The molecule has 0 spiro atoms. The topological polar surface area (TPSA) is 40.6 Å². The molecule has 4 heteroatoms. The van der Waals surface area contributed by atoms with Gasteiger partial charge in [-0.3, -0.25) is 9.59 Å². The van der Waals surface area contributed by atoms with Crippen LogP contribution in [0.5, 0.6) is 0 Å². The Labute approximate surface area is 150 Å². The summed E-state index contributed by atoms with van der Waals surface area (Å²) in [5, 5.41) is 0. The van der Waals surface area contributed by atoms with Gasteiger partial charge in [0.2, 0.25) is 5.91 Å². The molecule has 1 heterocycles. The van der Waals surface area contributed by atoms with Gasteiger partial charge < -0.3 is 9.80 Å². The van der Waals surface area contributed by atoms with Crippen molar-refractivity contribution < 1.29 is 9.59 Å². The zero-order valence-corrected chi connectivity index (χ0v) is 15.1. The molecule has 3 atom stereocenters. The van der Waals surface area contributed by atoms with E-state index in [0.29, 0.717) is 11.8 Å². The monoisotopic (exact) mass is 340 g/mol. The zero-order valence-electron chi connectivity index (χ0n) is 15.1. The first-order valence-electron chi connectivity index (χ1n) is 9.74. The Morgan fingerprint density at radius 3 is 2.28 bits per heavy atom. The number of hydrogen-bond donors (Lipinski definition) is 0. The lowest BCUT2D eigenvalue weighted by molar-refractivity contribution is -0.132. The van der Waals surface area contributed by atoms with E-state index in [0.717, 1.165) is 55.7 Å². The van der Waals surface area contributed by atoms with Crippen molar-refractivity contribution in [3.05, 3.63) is 29.8 Å². The molecule has 134 valence electrons. The van der Waals surface area contributed by atoms with E-state index in [4.69, 9.17) is 0 Å². The van der Waals surface area contributed by atoms with Crippen molar-refractivity contribution in [1.29, 1.82) is 0 Å². The molecule has 1 saturated heterocycles. The molecular weight excluding hydrogens is 312 g/mol. The van der Waals surface area contributed by atoms with Crippen molar-refractivity contribution in [2.75, 3.05) is 31.1 Å². The van der Waals surface area contributed by atoms with Crippen molar-refractivity contribution in [3.63, 3.8) is 0 Å². The lowest BCUT2D eigenvalue weighted by Crippen LogP contribution is -2.49. The van der Waals surface area contributed by atoms with Crippen LogP contribution in [-0.4, -0.2) is 42.8 Å². The first-order valence-corrected chi connectivity index (χ1v) is 9.74. The highest BCUT2D eigenvalue weighted by atomic mass is 16.2. The molecule has 4 nitrogen and oxygen atoms in total. The Balaban J connectivity index is 1.29. The van der Waals surface area contributed by atoms with Crippen LogP contribution < -0.4 is 4.90 Å². The van der Waals surface area contributed by atoms with Gasteiger partial charge in [0.05, 0.1) is 0 Å². The predicted molar refractivity (Wildman–Crippen MR) is 98.8 cm³/mol. The number of Topliss-reactive ketones (excluding diaryl/α,β-unsaturated/α-hetero) is 1. The van der Waals surface area contributed by atoms with Crippen LogP contribution in [0.15, 0.2) is 24.3 Å². The molecule has 0 aromatic heterocycles. The normalized spacial score (nSPS) is 28.4. The second kappa shape index (κ2) is 6.81. The van der Waals surface area contributed by atoms with E-state index in [2.05, 4.69) is 9.80 Å². The minimum absolute atomic E-state index is 0.0996. The summed E-state index contributed by atoms with van der Waals surface area (Å²) in [6, 6.07) is 7.82. The molecule has 3 fully saturated rings. The van der Waals surface area contributed by atoms with Gasteiger partial charge in [0.1, 0.15) is 0 Å². The number of benzene rings is 1. The molecule has 1 amide bonds. The third-order valence-corrected chi connectivity index (χ3v) is 6.59. The van der Waals surface area contributed by atoms with Gasteiger partial charge >= 0.3 is 0 Å². The minimum Gasteiger partial charge on any atom is -0.368 e. The summed E-state index contributed by atoms with van der Waals surface area (Å²) in [6.45, 7) is 4.97. The number of carbonyl (C=O) groups excluding carboxylic acids is 2. The van der Waals surface area contributed by atoms with Crippen LogP contribution in [0.25, 0.3) is 0 Å². The number of nitrogens with zero attached hydrogens (tertiary/aromatic N) is 2. The summed E-state index contributed by atoms with van der Waals surface area (Å²) in [6.07, 6.45) is 6.19. The second-order valence-electron chi connectivity index (χ2n) is 8.11. The summed E-state index contributed by atoms with van der Waals surface area (Å²) in [4.78, 5) is 28.4. The van der Waals surface area contributed by atoms with Gasteiger partial charge in [-0.2, -0.15) is 0 Å². The molecule has 2 bridgehead atoms. The van der Waals surface area contributed by atoms with Crippen LogP contribution in [0, 0.1) is 17.8 Å². The maximum absolute atomic E-state index is 12.7. The van der Waals surface area contributed by atoms with Crippen LogP contribution in [0.4, 0.5) is 5.69 Å². The van der Waals surface area contributed by atoms with Gasteiger partial charge in [0.15, 0.2) is 5.78 Å². The third-order valence-electron chi connectivity index (χ3n) is 6.59. The van der Waals surface area contributed by atoms with Gasteiger partial charge in [-0.05, 0) is 68.2 Å². The van der Waals surface area contributed by atoms with Gasteiger partial charge in [0.25, 0.3) is 0 Å². The van der Waals surface area contributed by atoms with Crippen LogP contribution >= 0.6 is 0 Å². The van der Waals surface area contributed by atoms with E-state index in [1.807, 2.05) is 24.3 Å². The maximum atomic E-state index is 12.7. The van der Waals surface area contributed by atoms with Crippen LogP contribution in [0.3, 0.4) is 0 Å². The third kappa shape index (κ3) is 3.44. The maximum Gasteiger partial charge on any atom is 0.222 e. The van der Waals surface area contributed by atoms with Gasteiger partial charge in [-0.1, -0.05) is 6.42 Å². The van der Waals surface area contributed by atoms with E-state index in [1.54, 1.807) is 6.92 Å². The highest BCUT2D eigenvalue weighted by Gasteiger charge is 2.40. The summed E-state index contributed by atoms with van der Waals surface area (Å²) in [5.41, 5.74) is 1.90. The smallest absolute Gasteiger partial charge is 0.222 e. The summed E-state index contributed by atoms with van der Waals surface area (Å²) in [7, 11) is 0. The van der Waals surface area contributed by atoms with Crippen LogP contribution in [-0.2, 0) is 4.79 Å². The van der Waals surface area contributed by atoms with Gasteiger partial charge in [-0.25, -0.2) is 0 Å². The lowest BCUT2D eigenvalue weighted by Gasteiger charge is -2.37. The number of rotatable bonds is 4. The Kier molecular flexibility index (Phi) is 4.53. The molecule has 1 aliphatic heterocycles. The van der Waals surface area contributed by atoms with E-state index in [1.165, 1.54) is 25.7 Å². The highest BCUT2D eigenvalue weighted by Crippen LogP contribution is 2.49. The van der Waals surface area contributed by atoms with Crippen LogP contribution in [0.2, 0.25) is 0 Å². The number of ketones is 1. The fourth-order valence-corrected chi connectivity index (χ4v) is 5.10. The largest absolute Gasteiger partial charge is 0.368 e. The van der Waals surface area contributed by atoms with Crippen molar-refractivity contribution in [2.45, 2.75) is 39.0 Å². The molecule has 3 aliphatic rings. The molecule has 25 heavy (non-hydrogen) atoms. The zero-order chi connectivity index (χ0) is 17.4. The average molecular weight is 340 g/mol. The van der Waals surface area contributed by atoms with E-state index in [9.17, 15) is 9.59 Å². The first kappa shape index (κ1) is 16.6. The molecular formula is C21H28N2O2. The van der Waals surface area contributed by atoms with Crippen molar-refractivity contribution in [1.82, 2.24) is 4.90 Å². The molecule has 1 aromatic carbocycles. The highest BCUT2D eigenvalue weighted by molar-refractivity contribution is 5.94. The quantitative estimate of drug-likeness (QED) is 0.789. The number of amides is 1. The molecule has 0 N–H and O–H groups in total. The lowest BCUT2D eigenvalue weighted by atomic mass is 9.86. The SMILES string of the molecule is CC(=O)c1ccc(N2CCN(C(=O)C[C@H]3C[C@H]4CC[C@H]3C4)CC2)cc1. The van der Waals surface area contributed by atoms with E-state index >= 15 is 0 Å². The summed E-state index contributed by atoms with van der Waals surface area (Å²) < 4.78 is 0. The van der Waals surface area contributed by atoms with Crippen LogP contribution in [0.1, 0.15) is 49.4 Å². The molecule has 2 aliphatic carbocycles. The number of anilines is 1. The summed E-state index contributed by atoms with van der Waals surface area (Å²) in [5.74, 6) is 2.86. The van der Waals surface area contributed by atoms with Gasteiger partial charge in [0, 0.05) is 43.9 Å². The van der Waals surface area contributed by atoms with E-state index < -0.39 is 0 Å². The number of piperazine rings is 1. The number of fused-ring (bicyclic) bond motifs is 2. The molecule has 2 saturated carbocycles. The van der Waals surface area contributed by atoms with Crippen molar-refractivity contribution >= 4 is 17.4 Å². The number of carbonyl (C=O) groups is 2. The molecule has 1 aromatic rings. The Morgan fingerprint density at radius 2 is 1.72 bits per heavy atom. The molecule has 0 unspecified atom stereocenters. The average Bonchev–Trinajstić information content (AvgIpc) is 3.25. The standard InChI is InChI=1S/C21H28N2O2/c1-15(24)17-4-6-20(7-5-17)22-8-10-23(11-9-22)21(25)14-19-13-16-2-3-18(19)12-16/h4-7,16,18-19H,2-3,8-14H2,1H3/t16-,18-,19+/m0/s1. The molecule has 4 rings (SSSR count). The second-order valence-corrected chi connectivity index (χ2v) is 8.11. The fourth-order valence-electron chi connectivity index (χ4n) is 5.10. The fraction of sp³-hybridized carbons (Fsp3) is 0.619. The Bertz CT molecular complexity index is 646. The molecule has 0 radical (unpaired) electrons. The number of hydrogen-bond acceptors (Lipinski definition) is 3. The minimum atomic E-state index is 0.0996. The van der Waals surface area contributed by atoms with Crippen molar-refractivity contribution in [2.24, 2.45) is 17.8 Å². The van der Waals surface area contributed by atoms with Crippen molar-refractivity contribution in [3.8, 4) is 0 Å². The van der Waals surface area contributed by atoms with E-state index in [-0.39, 0.29) is 5.78 Å². The summed E-state index contributed by atoms with van der Waals surface area (Å²) >= 11 is 0. The predicted octanol–water partition coefficient (Wildman–Crippen LogP) is 3.36.